The maximum Gasteiger partial charge on any atom is 0.416 e. The van der Waals surface area contributed by atoms with E-state index < -0.39 is 11.7 Å². The number of benzene rings is 1. The van der Waals surface area contributed by atoms with Crippen LogP contribution in [0.25, 0.3) is 0 Å². The lowest BCUT2D eigenvalue weighted by molar-refractivity contribution is -0.137. The van der Waals surface area contributed by atoms with E-state index in [2.05, 4.69) is 19.2 Å². The first kappa shape index (κ1) is 15.4. The van der Waals surface area contributed by atoms with Gasteiger partial charge in [0.15, 0.2) is 0 Å². The van der Waals surface area contributed by atoms with Gasteiger partial charge in [-0.25, -0.2) is 0 Å². The molecule has 0 aromatic heterocycles. The summed E-state index contributed by atoms with van der Waals surface area (Å²) in [5, 5.41) is 3.18. The maximum atomic E-state index is 12.5. The Morgan fingerprint density at radius 2 is 1.89 bits per heavy atom. The summed E-state index contributed by atoms with van der Waals surface area (Å²) in [7, 11) is 0. The molecule has 0 heterocycles. The SMILES string of the molecule is CSC(C)(C)CNCc1cccc(C(F)(F)F)c1. The van der Waals surface area contributed by atoms with Crippen molar-refractivity contribution in [3.05, 3.63) is 35.4 Å². The predicted octanol–water partition coefficient (Wildman–Crippen LogP) is 3.94. The first-order valence-electron chi connectivity index (χ1n) is 5.66. The van der Waals surface area contributed by atoms with E-state index in [9.17, 15) is 13.2 Å². The fourth-order valence-corrected chi connectivity index (χ4v) is 1.68. The second-order valence-electron chi connectivity index (χ2n) is 4.77. The van der Waals surface area contributed by atoms with Crippen molar-refractivity contribution in [2.75, 3.05) is 12.8 Å². The molecule has 0 fully saturated rings. The lowest BCUT2D eigenvalue weighted by atomic mass is 10.1. The Hall–Kier alpha value is -0.680. The van der Waals surface area contributed by atoms with Crippen molar-refractivity contribution in [1.29, 1.82) is 0 Å². The number of alkyl halides is 3. The van der Waals surface area contributed by atoms with Crippen molar-refractivity contribution in [2.45, 2.75) is 31.3 Å². The zero-order valence-corrected chi connectivity index (χ0v) is 11.6. The molecule has 1 rings (SSSR count). The van der Waals surface area contributed by atoms with Gasteiger partial charge in [-0.15, -0.1) is 0 Å². The Bertz CT molecular complexity index is 388. The predicted molar refractivity (Wildman–Crippen MR) is 70.7 cm³/mol. The summed E-state index contributed by atoms with van der Waals surface area (Å²) in [6.45, 7) is 5.39. The third-order valence-electron chi connectivity index (χ3n) is 2.69. The molecule has 0 saturated heterocycles. The topological polar surface area (TPSA) is 12.0 Å². The minimum absolute atomic E-state index is 0.0850. The van der Waals surface area contributed by atoms with Crippen molar-refractivity contribution in [1.82, 2.24) is 5.32 Å². The van der Waals surface area contributed by atoms with E-state index in [1.54, 1.807) is 17.8 Å². The smallest absolute Gasteiger partial charge is 0.311 e. The molecular weight excluding hydrogens is 259 g/mol. The van der Waals surface area contributed by atoms with E-state index in [0.29, 0.717) is 12.1 Å². The van der Waals surface area contributed by atoms with E-state index >= 15 is 0 Å². The van der Waals surface area contributed by atoms with Crippen LogP contribution in [-0.2, 0) is 12.7 Å². The molecule has 0 aliphatic carbocycles. The molecule has 0 radical (unpaired) electrons. The molecular formula is C13H18F3NS. The van der Waals surface area contributed by atoms with Crippen molar-refractivity contribution in [3.63, 3.8) is 0 Å². The summed E-state index contributed by atoms with van der Waals surface area (Å²) in [5.41, 5.74) is 0.0626. The zero-order valence-electron chi connectivity index (χ0n) is 10.8. The van der Waals surface area contributed by atoms with Crippen molar-refractivity contribution >= 4 is 11.8 Å². The van der Waals surface area contributed by atoms with Crippen LogP contribution in [0.5, 0.6) is 0 Å². The molecule has 1 nitrogen and oxygen atoms in total. The van der Waals surface area contributed by atoms with Gasteiger partial charge >= 0.3 is 6.18 Å². The maximum absolute atomic E-state index is 12.5. The first-order chi connectivity index (χ1) is 8.24. The van der Waals surface area contributed by atoms with Gasteiger partial charge in [-0.1, -0.05) is 18.2 Å². The van der Waals surface area contributed by atoms with Crippen LogP contribution in [0.4, 0.5) is 13.2 Å². The van der Waals surface area contributed by atoms with Gasteiger partial charge in [0.05, 0.1) is 5.56 Å². The normalized spacial score (nSPS) is 12.8. The van der Waals surface area contributed by atoms with E-state index in [0.717, 1.165) is 12.6 Å². The molecule has 0 unspecified atom stereocenters. The number of nitrogens with one attached hydrogen (secondary N) is 1. The van der Waals surface area contributed by atoms with Gasteiger partial charge in [0, 0.05) is 17.8 Å². The zero-order chi connectivity index (χ0) is 13.8. The van der Waals surface area contributed by atoms with Gasteiger partial charge in [-0.05, 0) is 31.7 Å². The van der Waals surface area contributed by atoms with Crippen LogP contribution in [0.3, 0.4) is 0 Å². The summed E-state index contributed by atoms with van der Waals surface area (Å²) in [5.74, 6) is 0. The van der Waals surface area contributed by atoms with E-state index in [1.165, 1.54) is 12.1 Å². The van der Waals surface area contributed by atoms with Crippen LogP contribution in [0, 0.1) is 0 Å². The number of rotatable bonds is 5. The van der Waals surface area contributed by atoms with Gasteiger partial charge in [0.25, 0.3) is 0 Å². The Labute approximate surface area is 110 Å². The van der Waals surface area contributed by atoms with Gasteiger partial charge in [0.2, 0.25) is 0 Å². The molecule has 0 saturated carbocycles. The van der Waals surface area contributed by atoms with E-state index in [1.807, 2.05) is 6.26 Å². The Balaban J connectivity index is 2.59. The van der Waals surface area contributed by atoms with Gasteiger partial charge in [0.1, 0.15) is 0 Å². The minimum atomic E-state index is -4.27. The van der Waals surface area contributed by atoms with Crippen molar-refractivity contribution in [2.24, 2.45) is 0 Å². The Kier molecular flexibility index (Phi) is 5.10. The summed E-state index contributed by atoms with van der Waals surface area (Å²) in [6, 6.07) is 5.43. The summed E-state index contributed by atoms with van der Waals surface area (Å²) < 4.78 is 37.6. The van der Waals surface area contributed by atoms with Crippen molar-refractivity contribution in [3.8, 4) is 0 Å². The molecule has 0 aliphatic heterocycles. The van der Waals surface area contributed by atoms with Crippen LogP contribution in [0.2, 0.25) is 0 Å². The van der Waals surface area contributed by atoms with Crippen LogP contribution in [-0.4, -0.2) is 17.5 Å². The second-order valence-corrected chi connectivity index (χ2v) is 6.28. The average Bonchev–Trinajstić information content (AvgIpc) is 2.28. The lowest BCUT2D eigenvalue weighted by Gasteiger charge is -2.22. The standard InChI is InChI=1S/C13H18F3NS/c1-12(2,18-3)9-17-8-10-5-4-6-11(7-10)13(14,15)16/h4-7,17H,8-9H2,1-3H3. The molecule has 1 aromatic rings. The highest BCUT2D eigenvalue weighted by Crippen LogP contribution is 2.29. The molecule has 0 spiro atoms. The number of halogens is 3. The third kappa shape index (κ3) is 4.90. The number of hydrogen-bond donors (Lipinski definition) is 1. The van der Waals surface area contributed by atoms with Crippen molar-refractivity contribution < 1.29 is 13.2 Å². The quantitative estimate of drug-likeness (QED) is 0.875. The molecule has 5 heteroatoms. The third-order valence-corrected chi connectivity index (χ3v) is 3.94. The van der Waals surface area contributed by atoms with E-state index in [-0.39, 0.29) is 4.75 Å². The summed E-state index contributed by atoms with van der Waals surface area (Å²) in [6.07, 6.45) is -2.25. The Morgan fingerprint density at radius 3 is 2.44 bits per heavy atom. The largest absolute Gasteiger partial charge is 0.416 e. The number of thioether (sulfide) groups is 1. The molecule has 18 heavy (non-hydrogen) atoms. The second kappa shape index (κ2) is 5.97. The van der Waals surface area contributed by atoms with Gasteiger partial charge < -0.3 is 5.32 Å². The Morgan fingerprint density at radius 1 is 1.22 bits per heavy atom. The van der Waals surface area contributed by atoms with Gasteiger partial charge in [-0.3, -0.25) is 0 Å². The molecule has 1 N–H and O–H groups in total. The molecule has 0 aliphatic rings. The average molecular weight is 277 g/mol. The first-order valence-corrected chi connectivity index (χ1v) is 6.89. The highest BCUT2D eigenvalue weighted by molar-refractivity contribution is 7.99. The summed E-state index contributed by atoms with van der Waals surface area (Å²) in [4.78, 5) is 0. The molecule has 0 amide bonds. The molecule has 0 bridgehead atoms. The number of hydrogen-bond acceptors (Lipinski definition) is 2. The van der Waals surface area contributed by atoms with Gasteiger partial charge in [-0.2, -0.15) is 24.9 Å². The fraction of sp³-hybridized carbons (Fsp3) is 0.538. The highest BCUT2D eigenvalue weighted by Gasteiger charge is 2.30. The summed E-state index contributed by atoms with van der Waals surface area (Å²) >= 11 is 1.73. The molecule has 0 atom stereocenters. The van der Waals surface area contributed by atoms with E-state index in [4.69, 9.17) is 0 Å². The highest BCUT2D eigenvalue weighted by atomic mass is 32.2. The van der Waals surface area contributed by atoms with Crippen LogP contribution in [0.1, 0.15) is 25.0 Å². The minimum Gasteiger partial charge on any atom is -0.311 e. The molecule has 1 aromatic carbocycles. The molecule has 102 valence electrons. The lowest BCUT2D eigenvalue weighted by Crippen LogP contribution is -2.31. The fourth-order valence-electron chi connectivity index (χ4n) is 1.44. The van der Waals surface area contributed by atoms with Crippen LogP contribution < -0.4 is 5.32 Å². The van der Waals surface area contributed by atoms with Crippen LogP contribution >= 0.6 is 11.8 Å². The monoisotopic (exact) mass is 277 g/mol. The van der Waals surface area contributed by atoms with Crippen LogP contribution in [0.15, 0.2) is 24.3 Å².